The molecular weight excluding hydrogens is 488 g/mol. The molecule has 0 aliphatic carbocycles. The Morgan fingerprint density at radius 1 is 0.973 bits per heavy atom. The van der Waals surface area contributed by atoms with E-state index in [-0.39, 0.29) is 5.91 Å². The van der Waals surface area contributed by atoms with Crippen molar-refractivity contribution < 1.29 is 19.1 Å². The van der Waals surface area contributed by atoms with Crippen LogP contribution in [-0.2, 0) is 28.8 Å². The zero-order valence-electron chi connectivity index (χ0n) is 21.6. The van der Waals surface area contributed by atoms with E-state index in [2.05, 4.69) is 10.6 Å². The first-order chi connectivity index (χ1) is 17.5. The normalized spacial score (nSPS) is 12.9. The van der Waals surface area contributed by atoms with Gasteiger partial charge in [-0.2, -0.15) is 0 Å². The summed E-state index contributed by atoms with van der Waals surface area (Å²) in [6.07, 6.45) is 0.863. The van der Waals surface area contributed by atoms with Crippen LogP contribution in [0.5, 0.6) is 0 Å². The van der Waals surface area contributed by atoms with Crippen molar-refractivity contribution >= 4 is 29.2 Å². The number of nitrogens with zero attached hydrogens (tertiary/aromatic N) is 1. The number of thiazole rings is 1. The second-order valence-electron chi connectivity index (χ2n) is 9.75. The highest BCUT2D eigenvalue weighted by molar-refractivity contribution is 7.09. The molecule has 8 nitrogen and oxygen atoms in total. The molecule has 3 rings (SSSR count). The summed E-state index contributed by atoms with van der Waals surface area (Å²) in [4.78, 5) is 42.3. The maximum absolute atomic E-state index is 13.6. The number of ether oxygens (including phenoxy) is 1. The molecule has 1 aromatic heterocycles. The van der Waals surface area contributed by atoms with Gasteiger partial charge in [0.15, 0.2) is 0 Å². The predicted octanol–water partition coefficient (Wildman–Crippen LogP) is 4.34. The Balaban J connectivity index is 1.84. The van der Waals surface area contributed by atoms with Gasteiger partial charge in [0, 0.05) is 17.4 Å². The molecule has 3 amide bonds. The van der Waals surface area contributed by atoms with Crippen molar-refractivity contribution in [1.29, 1.82) is 0 Å². The third kappa shape index (κ3) is 8.71. The number of nitrogens with two attached hydrogens (primary N) is 1. The monoisotopic (exact) mass is 522 g/mol. The lowest BCUT2D eigenvalue weighted by molar-refractivity contribution is -0.124. The number of carbonyl (C=O) groups is 3. The second kappa shape index (κ2) is 12.5. The number of benzene rings is 2. The molecular formula is C28H34N4O4S. The Bertz CT molecular complexity index is 1200. The highest BCUT2D eigenvalue weighted by atomic mass is 32.1. The molecule has 37 heavy (non-hydrogen) atoms. The van der Waals surface area contributed by atoms with Crippen LogP contribution in [0.2, 0.25) is 0 Å². The molecule has 1 heterocycles. The van der Waals surface area contributed by atoms with Crippen LogP contribution in [0.1, 0.15) is 65.9 Å². The van der Waals surface area contributed by atoms with E-state index < -0.39 is 29.7 Å². The lowest BCUT2D eigenvalue weighted by Crippen LogP contribution is -2.50. The SMILES string of the molecule is CCc1csc([C@H](Cc2ccc(C(N)=O)cc2)NC(=O)[C@H](Cc2ccccc2)NC(=O)OC(C)(C)C)n1. The van der Waals surface area contributed by atoms with Crippen LogP contribution >= 0.6 is 11.3 Å². The molecule has 0 saturated carbocycles. The molecule has 4 N–H and O–H groups in total. The first kappa shape index (κ1) is 27.9. The predicted molar refractivity (Wildman–Crippen MR) is 144 cm³/mol. The number of alkyl carbamates (subject to hydrolysis) is 1. The van der Waals surface area contributed by atoms with Crippen molar-refractivity contribution in [2.45, 2.75) is 64.6 Å². The molecule has 0 spiro atoms. The molecule has 2 aromatic carbocycles. The summed E-state index contributed by atoms with van der Waals surface area (Å²) in [5.74, 6) is -0.845. The lowest BCUT2D eigenvalue weighted by atomic mass is 10.0. The fraction of sp³-hybridized carbons (Fsp3) is 0.357. The van der Waals surface area contributed by atoms with Gasteiger partial charge in [-0.15, -0.1) is 11.3 Å². The van der Waals surface area contributed by atoms with E-state index in [0.717, 1.165) is 28.2 Å². The topological polar surface area (TPSA) is 123 Å². The summed E-state index contributed by atoms with van der Waals surface area (Å²) in [5, 5.41) is 8.57. The molecule has 0 aliphatic heterocycles. The average Bonchev–Trinajstić information content (AvgIpc) is 3.32. The summed E-state index contributed by atoms with van der Waals surface area (Å²) in [7, 11) is 0. The third-order valence-corrected chi connectivity index (χ3v) is 6.52. The molecule has 2 atom stereocenters. The van der Waals surface area contributed by atoms with Gasteiger partial charge in [-0.3, -0.25) is 9.59 Å². The third-order valence-electron chi connectivity index (χ3n) is 5.51. The highest BCUT2D eigenvalue weighted by Crippen LogP contribution is 2.23. The minimum absolute atomic E-state index is 0.296. The number of carbonyl (C=O) groups excluding carboxylic acids is 3. The highest BCUT2D eigenvalue weighted by Gasteiger charge is 2.28. The summed E-state index contributed by atoms with van der Waals surface area (Å²) in [5.41, 5.74) is 7.83. The van der Waals surface area contributed by atoms with Gasteiger partial charge in [-0.1, -0.05) is 49.4 Å². The number of nitrogens with one attached hydrogen (secondary N) is 2. The Morgan fingerprint density at radius 3 is 2.19 bits per heavy atom. The first-order valence-electron chi connectivity index (χ1n) is 12.2. The van der Waals surface area contributed by atoms with E-state index in [1.807, 2.05) is 54.8 Å². The minimum Gasteiger partial charge on any atom is -0.444 e. The Labute approximate surface area is 221 Å². The van der Waals surface area contributed by atoms with Gasteiger partial charge < -0.3 is 21.1 Å². The van der Waals surface area contributed by atoms with Gasteiger partial charge in [0.2, 0.25) is 11.8 Å². The van der Waals surface area contributed by atoms with Crippen molar-refractivity contribution in [2.24, 2.45) is 5.73 Å². The van der Waals surface area contributed by atoms with Crippen molar-refractivity contribution in [1.82, 2.24) is 15.6 Å². The van der Waals surface area contributed by atoms with Crippen LogP contribution in [0.3, 0.4) is 0 Å². The molecule has 0 fully saturated rings. The molecule has 9 heteroatoms. The number of aromatic nitrogens is 1. The fourth-order valence-corrected chi connectivity index (χ4v) is 4.62. The van der Waals surface area contributed by atoms with Crippen molar-refractivity contribution in [3.8, 4) is 0 Å². The number of amides is 3. The van der Waals surface area contributed by atoms with Crippen LogP contribution in [0.15, 0.2) is 60.0 Å². The van der Waals surface area contributed by atoms with Gasteiger partial charge >= 0.3 is 6.09 Å². The quantitative estimate of drug-likeness (QED) is 0.365. The first-order valence-corrected chi connectivity index (χ1v) is 13.1. The van der Waals surface area contributed by atoms with Crippen LogP contribution in [0.25, 0.3) is 0 Å². The average molecular weight is 523 g/mol. The van der Waals surface area contributed by atoms with E-state index >= 15 is 0 Å². The van der Waals surface area contributed by atoms with Gasteiger partial charge in [-0.25, -0.2) is 9.78 Å². The Kier molecular flexibility index (Phi) is 9.41. The molecule has 0 radical (unpaired) electrons. The van der Waals surface area contributed by atoms with Crippen LogP contribution < -0.4 is 16.4 Å². The van der Waals surface area contributed by atoms with Gasteiger partial charge in [-0.05, 0) is 56.9 Å². The van der Waals surface area contributed by atoms with Crippen LogP contribution in [-0.4, -0.2) is 34.5 Å². The van der Waals surface area contributed by atoms with E-state index in [4.69, 9.17) is 15.5 Å². The van der Waals surface area contributed by atoms with E-state index in [1.54, 1.807) is 32.9 Å². The number of hydrogen-bond donors (Lipinski definition) is 3. The summed E-state index contributed by atoms with van der Waals surface area (Å²) < 4.78 is 5.41. The minimum atomic E-state index is -0.859. The van der Waals surface area contributed by atoms with E-state index in [9.17, 15) is 14.4 Å². The zero-order valence-corrected chi connectivity index (χ0v) is 22.4. The summed E-state index contributed by atoms with van der Waals surface area (Å²) >= 11 is 1.48. The van der Waals surface area contributed by atoms with Gasteiger partial charge in [0.1, 0.15) is 16.7 Å². The molecule has 0 bridgehead atoms. The molecule has 0 aliphatic rings. The Morgan fingerprint density at radius 2 is 1.62 bits per heavy atom. The lowest BCUT2D eigenvalue weighted by Gasteiger charge is -2.25. The van der Waals surface area contributed by atoms with E-state index in [0.29, 0.717) is 18.4 Å². The smallest absolute Gasteiger partial charge is 0.408 e. The van der Waals surface area contributed by atoms with Crippen LogP contribution in [0.4, 0.5) is 4.79 Å². The van der Waals surface area contributed by atoms with Gasteiger partial charge in [0.25, 0.3) is 0 Å². The fourth-order valence-electron chi connectivity index (χ4n) is 3.67. The zero-order chi connectivity index (χ0) is 27.0. The van der Waals surface area contributed by atoms with Crippen molar-refractivity contribution in [3.63, 3.8) is 0 Å². The summed E-state index contributed by atoms with van der Waals surface area (Å²) in [6.45, 7) is 7.33. The standard InChI is InChI=1S/C28H34N4O4S/c1-5-21-17-37-26(30-21)23(16-19-11-13-20(14-12-19)24(29)33)31-25(34)22(15-18-9-7-6-8-10-18)32-27(35)36-28(2,3)4/h6-14,17,22-23H,5,15-16H2,1-4H3,(H2,29,33)(H,31,34)(H,32,35)/t22-,23-/m0/s1. The van der Waals surface area contributed by atoms with E-state index in [1.165, 1.54) is 11.3 Å². The van der Waals surface area contributed by atoms with Gasteiger partial charge in [0.05, 0.1) is 11.7 Å². The van der Waals surface area contributed by atoms with Crippen molar-refractivity contribution in [3.05, 3.63) is 87.4 Å². The maximum atomic E-state index is 13.6. The van der Waals surface area contributed by atoms with Crippen LogP contribution in [0, 0.1) is 0 Å². The molecule has 0 saturated heterocycles. The Hall–Kier alpha value is -3.72. The number of hydrogen-bond acceptors (Lipinski definition) is 6. The number of rotatable bonds is 10. The molecule has 196 valence electrons. The largest absolute Gasteiger partial charge is 0.444 e. The molecule has 3 aromatic rings. The van der Waals surface area contributed by atoms with Crippen molar-refractivity contribution in [2.75, 3.05) is 0 Å². The maximum Gasteiger partial charge on any atom is 0.408 e. The number of primary amides is 1. The summed E-state index contributed by atoms with van der Waals surface area (Å²) in [6, 6.07) is 15.1. The number of aryl methyl sites for hydroxylation is 1. The molecule has 0 unspecified atom stereocenters. The second-order valence-corrected chi connectivity index (χ2v) is 10.6.